The first-order valence-corrected chi connectivity index (χ1v) is 4.47. The standard InChI is InChI=1S/C9H18N2O/c10-7-4-2-1-3-5-9(11)6-8-12/h7,10-12H,1-6,8H2. The van der Waals surface area contributed by atoms with Crippen LogP contribution in [0.25, 0.3) is 0 Å². The van der Waals surface area contributed by atoms with E-state index >= 15 is 0 Å². The minimum Gasteiger partial charge on any atom is -0.396 e. The van der Waals surface area contributed by atoms with Crippen molar-refractivity contribution in [1.29, 1.82) is 10.8 Å². The van der Waals surface area contributed by atoms with Gasteiger partial charge in [-0.05, 0) is 31.9 Å². The Kier molecular flexibility index (Phi) is 7.91. The van der Waals surface area contributed by atoms with Crippen molar-refractivity contribution in [2.75, 3.05) is 6.61 Å². The fourth-order valence-corrected chi connectivity index (χ4v) is 1.02. The third-order valence-corrected chi connectivity index (χ3v) is 1.74. The number of aliphatic hydroxyl groups excluding tert-OH is 1. The molecule has 0 rings (SSSR count). The summed E-state index contributed by atoms with van der Waals surface area (Å²) in [4.78, 5) is 0. The van der Waals surface area contributed by atoms with E-state index < -0.39 is 0 Å². The van der Waals surface area contributed by atoms with Gasteiger partial charge in [0.1, 0.15) is 0 Å². The molecule has 0 aliphatic rings. The zero-order valence-corrected chi connectivity index (χ0v) is 7.47. The van der Waals surface area contributed by atoms with Crippen LogP contribution < -0.4 is 0 Å². The minimum atomic E-state index is 0.0966. The van der Waals surface area contributed by atoms with Gasteiger partial charge in [-0.3, -0.25) is 0 Å². The van der Waals surface area contributed by atoms with E-state index in [0.717, 1.165) is 32.1 Å². The van der Waals surface area contributed by atoms with E-state index in [1.807, 2.05) is 0 Å². The zero-order chi connectivity index (χ0) is 9.23. The van der Waals surface area contributed by atoms with Crippen molar-refractivity contribution in [3.63, 3.8) is 0 Å². The molecule has 3 N–H and O–H groups in total. The number of hydrogen-bond donors (Lipinski definition) is 3. The molecule has 0 aliphatic heterocycles. The van der Waals surface area contributed by atoms with Gasteiger partial charge in [-0.1, -0.05) is 6.42 Å². The van der Waals surface area contributed by atoms with Crippen molar-refractivity contribution in [3.05, 3.63) is 0 Å². The molecule has 0 aromatic heterocycles. The topological polar surface area (TPSA) is 67.9 Å². The van der Waals surface area contributed by atoms with Crippen molar-refractivity contribution in [3.8, 4) is 0 Å². The average molecular weight is 170 g/mol. The van der Waals surface area contributed by atoms with Crippen LogP contribution in [0.5, 0.6) is 0 Å². The van der Waals surface area contributed by atoms with Crippen molar-refractivity contribution >= 4 is 11.9 Å². The van der Waals surface area contributed by atoms with E-state index in [4.69, 9.17) is 15.9 Å². The Balaban J connectivity index is 3.08. The summed E-state index contributed by atoms with van der Waals surface area (Å²) in [6, 6.07) is 0. The van der Waals surface area contributed by atoms with Crippen LogP contribution in [0.2, 0.25) is 0 Å². The monoisotopic (exact) mass is 170 g/mol. The highest BCUT2D eigenvalue weighted by atomic mass is 16.2. The molecule has 0 amide bonds. The third-order valence-electron chi connectivity index (χ3n) is 1.74. The van der Waals surface area contributed by atoms with Gasteiger partial charge in [0.05, 0.1) is 0 Å². The Morgan fingerprint density at radius 3 is 2.50 bits per heavy atom. The molecular weight excluding hydrogens is 152 g/mol. The smallest absolute Gasteiger partial charge is 0.0483 e. The highest BCUT2D eigenvalue weighted by molar-refractivity contribution is 5.81. The summed E-state index contributed by atoms with van der Waals surface area (Å²) in [6.07, 6.45) is 6.77. The molecule has 0 aromatic carbocycles. The lowest BCUT2D eigenvalue weighted by Crippen LogP contribution is -1.99. The van der Waals surface area contributed by atoms with Crippen LogP contribution in [0.15, 0.2) is 0 Å². The molecule has 0 bridgehead atoms. The maximum atomic E-state index is 8.51. The maximum absolute atomic E-state index is 8.51. The van der Waals surface area contributed by atoms with Crippen LogP contribution in [0.4, 0.5) is 0 Å². The summed E-state index contributed by atoms with van der Waals surface area (Å²) in [7, 11) is 0. The Morgan fingerprint density at radius 1 is 1.17 bits per heavy atom. The van der Waals surface area contributed by atoms with Gasteiger partial charge in [-0.15, -0.1) is 0 Å². The van der Waals surface area contributed by atoms with E-state index in [2.05, 4.69) is 0 Å². The number of nitrogens with one attached hydrogen (secondary N) is 2. The van der Waals surface area contributed by atoms with Gasteiger partial charge < -0.3 is 15.9 Å². The normalized spacial score (nSPS) is 9.75. The van der Waals surface area contributed by atoms with Gasteiger partial charge >= 0.3 is 0 Å². The van der Waals surface area contributed by atoms with Crippen LogP contribution in [0, 0.1) is 10.8 Å². The van der Waals surface area contributed by atoms with Crippen molar-refractivity contribution in [1.82, 2.24) is 0 Å². The highest BCUT2D eigenvalue weighted by Crippen LogP contribution is 2.03. The fourth-order valence-electron chi connectivity index (χ4n) is 1.02. The summed E-state index contributed by atoms with van der Waals surface area (Å²) in [6.45, 7) is 0.0966. The Bertz CT molecular complexity index is 134. The quantitative estimate of drug-likeness (QED) is 0.378. The lowest BCUT2D eigenvalue weighted by Gasteiger charge is -2.00. The molecule has 0 heterocycles. The zero-order valence-electron chi connectivity index (χ0n) is 7.47. The molecule has 0 fully saturated rings. The van der Waals surface area contributed by atoms with Crippen LogP contribution in [-0.4, -0.2) is 23.6 Å². The van der Waals surface area contributed by atoms with Gasteiger partial charge in [0.25, 0.3) is 0 Å². The summed E-state index contributed by atoms with van der Waals surface area (Å²) in [5.41, 5.74) is 0.646. The molecule has 0 saturated heterocycles. The number of hydrogen-bond acceptors (Lipinski definition) is 3. The molecule has 70 valence electrons. The largest absolute Gasteiger partial charge is 0.396 e. The second-order valence-electron chi connectivity index (χ2n) is 2.88. The van der Waals surface area contributed by atoms with Crippen LogP contribution in [-0.2, 0) is 0 Å². The molecule has 3 nitrogen and oxygen atoms in total. The molecular formula is C9H18N2O. The highest BCUT2D eigenvalue weighted by Gasteiger charge is 1.95. The van der Waals surface area contributed by atoms with E-state index in [-0.39, 0.29) is 6.61 Å². The van der Waals surface area contributed by atoms with Crippen LogP contribution >= 0.6 is 0 Å². The lowest BCUT2D eigenvalue weighted by molar-refractivity contribution is 0.306. The van der Waals surface area contributed by atoms with Crippen LogP contribution in [0.1, 0.15) is 38.5 Å². The van der Waals surface area contributed by atoms with E-state index in [1.54, 1.807) is 0 Å². The molecule has 0 atom stereocenters. The molecule has 0 radical (unpaired) electrons. The first kappa shape index (κ1) is 11.3. The van der Waals surface area contributed by atoms with Gasteiger partial charge in [0.15, 0.2) is 0 Å². The fraction of sp³-hybridized carbons (Fsp3) is 0.778. The van der Waals surface area contributed by atoms with E-state index in [1.165, 1.54) is 6.21 Å². The second kappa shape index (κ2) is 8.40. The molecule has 0 unspecified atom stereocenters. The number of rotatable bonds is 8. The maximum Gasteiger partial charge on any atom is 0.0483 e. The van der Waals surface area contributed by atoms with Gasteiger partial charge in [-0.2, -0.15) is 0 Å². The molecule has 12 heavy (non-hydrogen) atoms. The SMILES string of the molecule is N=CCCCCCC(=N)CCO. The predicted molar refractivity (Wildman–Crippen MR) is 51.3 cm³/mol. The van der Waals surface area contributed by atoms with Crippen molar-refractivity contribution < 1.29 is 5.11 Å². The van der Waals surface area contributed by atoms with E-state index in [0.29, 0.717) is 12.1 Å². The van der Waals surface area contributed by atoms with Crippen molar-refractivity contribution in [2.24, 2.45) is 0 Å². The first-order valence-electron chi connectivity index (χ1n) is 4.47. The third kappa shape index (κ3) is 7.41. The molecule has 0 aliphatic carbocycles. The summed E-state index contributed by atoms with van der Waals surface area (Å²) >= 11 is 0. The Labute approximate surface area is 73.8 Å². The summed E-state index contributed by atoms with van der Waals surface area (Å²) < 4.78 is 0. The molecule has 0 saturated carbocycles. The lowest BCUT2D eigenvalue weighted by atomic mass is 10.1. The van der Waals surface area contributed by atoms with Gasteiger partial charge in [0.2, 0.25) is 0 Å². The molecule has 0 spiro atoms. The Morgan fingerprint density at radius 2 is 1.92 bits per heavy atom. The predicted octanol–water partition coefficient (Wildman–Crippen LogP) is 1.99. The summed E-state index contributed by atoms with van der Waals surface area (Å²) in [5, 5.41) is 22.7. The van der Waals surface area contributed by atoms with Gasteiger partial charge in [0, 0.05) is 18.7 Å². The van der Waals surface area contributed by atoms with Crippen molar-refractivity contribution in [2.45, 2.75) is 38.5 Å². The molecule has 3 heteroatoms. The average Bonchev–Trinajstić information content (AvgIpc) is 2.05. The Hall–Kier alpha value is -0.700. The van der Waals surface area contributed by atoms with Gasteiger partial charge in [-0.25, -0.2) is 0 Å². The number of aliphatic hydroxyl groups is 1. The minimum absolute atomic E-state index is 0.0966. The molecule has 0 aromatic rings. The van der Waals surface area contributed by atoms with Crippen LogP contribution in [0.3, 0.4) is 0 Å². The first-order chi connectivity index (χ1) is 5.81. The summed E-state index contributed by atoms with van der Waals surface area (Å²) in [5.74, 6) is 0. The number of unbranched alkanes of at least 4 members (excludes halogenated alkanes) is 3. The van der Waals surface area contributed by atoms with E-state index in [9.17, 15) is 0 Å². The second-order valence-corrected chi connectivity index (χ2v) is 2.88.